The van der Waals surface area contributed by atoms with Gasteiger partial charge in [0.05, 0.1) is 14.2 Å². The highest BCUT2D eigenvalue weighted by atomic mass is 79.9. The fourth-order valence-corrected chi connectivity index (χ4v) is 3.26. The summed E-state index contributed by atoms with van der Waals surface area (Å²) in [7, 11) is 3.33. The summed E-state index contributed by atoms with van der Waals surface area (Å²) >= 11 is 3.60. The van der Waals surface area contributed by atoms with Crippen molar-refractivity contribution in [2.45, 2.75) is 19.4 Å². The fourth-order valence-electron chi connectivity index (χ4n) is 2.71. The van der Waals surface area contributed by atoms with Crippen LogP contribution in [0, 0.1) is 5.92 Å². The lowest BCUT2D eigenvalue weighted by Gasteiger charge is -2.32. The van der Waals surface area contributed by atoms with Gasteiger partial charge in [-0.3, -0.25) is 4.90 Å². The van der Waals surface area contributed by atoms with Crippen LogP contribution in [-0.4, -0.2) is 43.9 Å². The molecular weight excluding hydrogens is 322 g/mol. The summed E-state index contributed by atoms with van der Waals surface area (Å²) in [6.07, 6.45) is 2.26. The van der Waals surface area contributed by atoms with Crippen LogP contribution >= 0.6 is 15.9 Å². The Bertz CT molecular complexity index is 453. The van der Waals surface area contributed by atoms with Crippen LogP contribution in [0.25, 0.3) is 0 Å². The van der Waals surface area contributed by atoms with Gasteiger partial charge in [-0.25, -0.2) is 0 Å². The molecule has 0 aromatic heterocycles. The summed E-state index contributed by atoms with van der Waals surface area (Å²) in [4.78, 5) is 2.37. The van der Waals surface area contributed by atoms with Crippen molar-refractivity contribution in [2.24, 2.45) is 5.92 Å². The van der Waals surface area contributed by atoms with Gasteiger partial charge in [0, 0.05) is 35.8 Å². The van der Waals surface area contributed by atoms with Gasteiger partial charge in [0.25, 0.3) is 0 Å². The molecule has 1 aliphatic rings. The lowest BCUT2D eigenvalue weighted by molar-refractivity contribution is 0.115. The second-order valence-corrected chi connectivity index (χ2v) is 6.07. The molecule has 112 valence electrons. The third-order valence-corrected chi connectivity index (χ3v) is 4.53. The fraction of sp³-hybridized carbons (Fsp3) is 0.600. The maximum Gasteiger partial charge on any atom is 0.128 e. The molecule has 0 spiro atoms. The van der Waals surface area contributed by atoms with Crippen LogP contribution in [0.3, 0.4) is 0 Å². The summed E-state index contributed by atoms with van der Waals surface area (Å²) in [6.45, 7) is 3.11. The molecule has 1 aromatic carbocycles. The Labute approximate surface area is 128 Å². The summed E-state index contributed by atoms with van der Waals surface area (Å²) in [6, 6.07) is 3.87. The third kappa shape index (κ3) is 3.65. The van der Waals surface area contributed by atoms with Gasteiger partial charge >= 0.3 is 0 Å². The Kier molecular flexibility index (Phi) is 5.69. The maximum absolute atomic E-state index is 9.32. The minimum absolute atomic E-state index is 0.275. The van der Waals surface area contributed by atoms with E-state index in [0.717, 1.165) is 54.0 Å². The van der Waals surface area contributed by atoms with Gasteiger partial charge in [-0.05, 0) is 31.4 Å². The molecule has 1 fully saturated rings. The van der Waals surface area contributed by atoms with Crippen molar-refractivity contribution in [1.29, 1.82) is 0 Å². The Morgan fingerprint density at radius 1 is 1.35 bits per heavy atom. The first kappa shape index (κ1) is 15.6. The summed E-state index contributed by atoms with van der Waals surface area (Å²) in [5.74, 6) is 2.01. The number of rotatable bonds is 5. The Morgan fingerprint density at radius 3 is 2.80 bits per heavy atom. The molecule has 5 heteroatoms. The molecule has 0 saturated carbocycles. The van der Waals surface area contributed by atoms with Crippen LogP contribution in [0.4, 0.5) is 0 Å². The Balaban J connectivity index is 2.15. The number of benzene rings is 1. The molecule has 0 aliphatic carbocycles. The molecule has 1 aromatic rings. The molecule has 2 rings (SSSR count). The minimum Gasteiger partial charge on any atom is -0.497 e. The third-order valence-electron chi connectivity index (χ3n) is 3.83. The number of aliphatic hydroxyl groups is 1. The number of hydrogen-bond acceptors (Lipinski definition) is 4. The highest BCUT2D eigenvalue weighted by Crippen LogP contribution is 2.34. The first-order valence-corrected chi connectivity index (χ1v) is 7.70. The van der Waals surface area contributed by atoms with Crippen LogP contribution in [-0.2, 0) is 6.54 Å². The number of likely N-dealkylation sites (tertiary alicyclic amines) is 1. The van der Waals surface area contributed by atoms with Crippen molar-refractivity contribution in [3.05, 3.63) is 22.2 Å². The molecule has 1 unspecified atom stereocenters. The number of nitrogens with zero attached hydrogens (tertiary/aromatic N) is 1. The van der Waals surface area contributed by atoms with Gasteiger partial charge < -0.3 is 14.6 Å². The first-order chi connectivity index (χ1) is 9.67. The number of aliphatic hydroxyl groups excluding tert-OH is 1. The smallest absolute Gasteiger partial charge is 0.128 e. The molecule has 1 aliphatic heterocycles. The molecule has 1 heterocycles. The van der Waals surface area contributed by atoms with Crippen molar-refractivity contribution in [3.63, 3.8) is 0 Å². The van der Waals surface area contributed by atoms with E-state index in [1.165, 1.54) is 0 Å². The van der Waals surface area contributed by atoms with Gasteiger partial charge in [-0.15, -0.1) is 0 Å². The highest BCUT2D eigenvalue weighted by molar-refractivity contribution is 9.10. The summed E-state index contributed by atoms with van der Waals surface area (Å²) < 4.78 is 11.7. The van der Waals surface area contributed by atoms with Gasteiger partial charge in [0.15, 0.2) is 0 Å². The van der Waals surface area contributed by atoms with Crippen LogP contribution in [0.1, 0.15) is 18.4 Å². The molecule has 1 atom stereocenters. The van der Waals surface area contributed by atoms with E-state index in [1.54, 1.807) is 14.2 Å². The predicted molar refractivity (Wildman–Crippen MR) is 82.3 cm³/mol. The normalized spacial score (nSPS) is 19.9. The van der Waals surface area contributed by atoms with Crippen LogP contribution in [0.15, 0.2) is 16.6 Å². The SMILES string of the molecule is COc1cc(Br)c(CN2CCCC(CO)C2)c(OC)c1. The van der Waals surface area contributed by atoms with Crippen molar-refractivity contribution in [2.75, 3.05) is 33.9 Å². The molecule has 0 radical (unpaired) electrons. The largest absolute Gasteiger partial charge is 0.497 e. The van der Waals surface area contributed by atoms with E-state index in [1.807, 2.05) is 12.1 Å². The van der Waals surface area contributed by atoms with E-state index in [9.17, 15) is 5.11 Å². The molecule has 4 nitrogen and oxygen atoms in total. The molecule has 0 bridgehead atoms. The Morgan fingerprint density at radius 2 is 2.15 bits per heavy atom. The van der Waals surface area contributed by atoms with Gasteiger partial charge in [0.1, 0.15) is 11.5 Å². The zero-order valence-electron chi connectivity index (χ0n) is 12.1. The maximum atomic E-state index is 9.32. The monoisotopic (exact) mass is 343 g/mol. The van der Waals surface area contributed by atoms with E-state index in [4.69, 9.17) is 9.47 Å². The quantitative estimate of drug-likeness (QED) is 0.892. The second kappa shape index (κ2) is 7.29. The predicted octanol–water partition coefficient (Wildman–Crippen LogP) is 2.67. The van der Waals surface area contributed by atoms with Crippen molar-refractivity contribution in [3.8, 4) is 11.5 Å². The van der Waals surface area contributed by atoms with Gasteiger partial charge in [-0.1, -0.05) is 15.9 Å². The molecule has 1 N–H and O–H groups in total. The van der Waals surface area contributed by atoms with E-state index < -0.39 is 0 Å². The van der Waals surface area contributed by atoms with E-state index in [2.05, 4.69) is 20.8 Å². The van der Waals surface area contributed by atoms with Crippen molar-refractivity contribution >= 4 is 15.9 Å². The first-order valence-electron chi connectivity index (χ1n) is 6.91. The standard InChI is InChI=1S/C15H22BrNO3/c1-19-12-6-14(16)13(15(7-12)20-2)9-17-5-3-4-11(8-17)10-18/h6-7,11,18H,3-5,8-10H2,1-2H3. The Hall–Kier alpha value is -0.780. The lowest BCUT2D eigenvalue weighted by Crippen LogP contribution is -2.36. The van der Waals surface area contributed by atoms with Crippen molar-refractivity contribution in [1.82, 2.24) is 4.90 Å². The lowest BCUT2D eigenvalue weighted by atomic mass is 9.98. The second-order valence-electron chi connectivity index (χ2n) is 5.22. The van der Waals surface area contributed by atoms with Crippen molar-refractivity contribution < 1.29 is 14.6 Å². The number of hydrogen-bond donors (Lipinski definition) is 1. The van der Waals surface area contributed by atoms with Gasteiger partial charge in [0.2, 0.25) is 0 Å². The van der Waals surface area contributed by atoms with Gasteiger partial charge in [-0.2, -0.15) is 0 Å². The van der Waals surface area contributed by atoms with E-state index >= 15 is 0 Å². The average molecular weight is 344 g/mol. The average Bonchev–Trinajstić information content (AvgIpc) is 2.49. The van der Waals surface area contributed by atoms with E-state index in [-0.39, 0.29) is 6.61 Å². The summed E-state index contributed by atoms with van der Waals surface area (Å²) in [5, 5.41) is 9.32. The zero-order valence-corrected chi connectivity index (χ0v) is 13.6. The number of ether oxygens (including phenoxy) is 2. The highest BCUT2D eigenvalue weighted by Gasteiger charge is 2.21. The number of piperidine rings is 1. The zero-order chi connectivity index (χ0) is 14.5. The molecule has 0 amide bonds. The van der Waals surface area contributed by atoms with Crippen LogP contribution in [0.5, 0.6) is 11.5 Å². The summed E-state index contributed by atoms with van der Waals surface area (Å²) in [5.41, 5.74) is 1.13. The number of methoxy groups -OCH3 is 2. The molecule has 20 heavy (non-hydrogen) atoms. The number of halogens is 1. The van der Waals surface area contributed by atoms with Crippen LogP contribution in [0.2, 0.25) is 0 Å². The molecular formula is C15H22BrNO3. The van der Waals surface area contributed by atoms with Crippen LogP contribution < -0.4 is 9.47 Å². The molecule has 1 saturated heterocycles. The minimum atomic E-state index is 0.275. The topological polar surface area (TPSA) is 41.9 Å². The van der Waals surface area contributed by atoms with E-state index in [0.29, 0.717) is 5.92 Å².